The van der Waals surface area contributed by atoms with Crippen LogP contribution in [0.1, 0.15) is 11.1 Å². The normalized spacial score (nSPS) is 13.8. The van der Waals surface area contributed by atoms with Crippen molar-refractivity contribution in [1.82, 2.24) is 5.32 Å². The lowest BCUT2D eigenvalue weighted by Gasteiger charge is -2.09. The highest BCUT2D eigenvalue weighted by atomic mass is 19.1. The second kappa shape index (κ2) is 4.14. The molecule has 0 atom stereocenters. The maximum Gasteiger partial charge on any atom is 0.133 e. The molecular weight excluding hydrogens is 200 g/mol. The maximum absolute atomic E-state index is 13.5. The molecule has 0 bridgehead atoms. The highest BCUT2D eigenvalue weighted by molar-refractivity contribution is 5.46. The van der Waals surface area contributed by atoms with Crippen LogP contribution in [0.25, 0.3) is 0 Å². The quantitative estimate of drug-likeness (QED) is 0.824. The van der Waals surface area contributed by atoms with Crippen molar-refractivity contribution in [3.63, 3.8) is 0 Å². The van der Waals surface area contributed by atoms with E-state index < -0.39 is 11.6 Å². The van der Waals surface area contributed by atoms with Gasteiger partial charge in [-0.1, -0.05) is 0 Å². The molecule has 0 fully saturated rings. The van der Waals surface area contributed by atoms with Crippen molar-refractivity contribution in [1.29, 1.82) is 0 Å². The largest absolute Gasteiger partial charge is 0.492 e. The van der Waals surface area contributed by atoms with Crippen molar-refractivity contribution in [2.24, 2.45) is 0 Å². The Balaban J connectivity index is 2.40. The first-order chi connectivity index (χ1) is 7.24. The van der Waals surface area contributed by atoms with Crippen molar-refractivity contribution in [3.8, 4) is 5.75 Å². The zero-order valence-electron chi connectivity index (χ0n) is 8.57. The number of ether oxygens (including phenoxy) is 1. The van der Waals surface area contributed by atoms with Gasteiger partial charge in [-0.3, -0.25) is 0 Å². The van der Waals surface area contributed by atoms with Crippen LogP contribution in [0.15, 0.2) is 6.07 Å². The van der Waals surface area contributed by atoms with E-state index in [2.05, 4.69) is 5.32 Å². The summed E-state index contributed by atoms with van der Waals surface area (Å²) in [6.45, 7) is 1.10. The van der Waals surface area contributed by atoms with Gasteiger partial charge in [0.1, 0.15) is 17.4 Å². The Bertz CT molecular complexity index is 379. The fraction of sp³-hybridized carbons (Fsp3) is 0.455. The summed E-state index contributed by atoms with van der Waals surface area (Å²) in [6.07, 6.45) is 1.05. The van der Waals surface area contributed by atoms with E-state index in [1.807, 2.05) is 0 Å². The van der Waals surface area contributed by atoms with Gasteiger partial charge in [0, 0.05) is 23.6 Å². The summed E-state index contributed by atoms with van der Waals surface area (Å²) in [5.41, 5.74) is 1.00. The number of nitrogens with one attached hydrogen (secondary N) is 1. The predicted molar refractivity (Wildman–Crippen MR) is 53.2 cm³/mol. The number of benzene rings is 1. The molecule has 2 nitrogen and oxygen atoms in total. The molecule has 1 aliphatic heterocycles. The van der Waals surface area contributed by atoms with Gasteiger partial charge in [0.2, 0.25) is 0 Å². The number of likely N-dealkylation sites (N-methyl/N-ethyl adjacent to an activating group) is 1. The molecule has 1 heterocycles. The van der Waals surface area contributed by atoms with E-state index in [1.165, 1.54) is 0 Å². The van der Waals surface area contributed by atoms with Crippen molar-refractivity contribution >= 4 is 0 Å². The molecule has 2 rings (SSSR count). The molecule has 1 aliphatic rings. The number of halogens is 2. The Hall–Kier alpha value is -1.16. The van der Waals surface area contributed by atoms with Gasteiger partial charge in [0.05, 0.1) is 6.61 Å². The highest BCUT2D eigenvalue weighted by Crippen LogP contribution is 2.33. The van der Waals surface area contributed by atoms with E-state index in [4.69, 9.17) is 4.74 Å². The van der Waals surface area contributed by atoms with Gasteiger partial charge in [0.25, 0.3) is 0 Å². The molecule has 4 heteroatoms. The summed E-state index contributed by atoms with van der Waals surface area (Å²) >= 11 is 0. The Morgan fingerprint density at radius 2 is 2.20 bits per heavy atom. The zero-order chi connectivity index (χ0) is 10.8. The molecule has 0 aliphatic carbocycles. The van der Waals surface area contributed by atoms with Gasteiger partial charge in [-0.2, -0.15) is 0 Å². The van der Waals surface area contributed by atoms with Crippen LogP contribution in [0, 0.1) is 11.6 Å². The van der Waals surface area contributed by atoms with Gasteiger partial charge >= 0.3 is 0 Å². The van der Waals surface area contributed by atoms with Crippen LogP contribution in [0.3, 0.4) is 0 Å². The lowest BCUT2D eigenvalue weighted by Crippen LogP contribution is -2.12. The molecule has 1 aromatic carbocycles. The maximum atomic E-state index is 13.5. The fourth-order valence-corrected chi connectivity index (χ4v) is 1.83. The number of hydrogen-bond acceptors (Lipinski definition) is 2. The van der Waals surface area contributed by atoms with Crippen molar-refractivity contribution < 1.29 is 13.5 Å². The molecule has 15 heavy (non-hydrogen) atoms. The van der Waals surface area contributed by atoms with Gasteiger partial charge in [-0.15, -0.1) is 0 Å². The molecule has 0 unspecified atom stereocenters. The topological polar surface area (TPSA) is 21.3 Å². The smallest absolute Gasteiger partial charge is 0.133 e. The van der Waals surface area contributed by atoms with Gasteiger partial charge in [0.15, 0.2) is 0 Å². The molecule has 1 aromatic rings. The van der Waals surface area contributed by atoms with Gasteiger partial charge < -0.3 is 10.1 Å². The second-order valence-corrected chi connectivity index (χ2v) is 3.58. The zero-order valence-corrected chi connectivity index (χ0v) is 8.57. The van der Waals surface area contributed by atoms with Crippen molar-refractivity contribution in [3.05, 3.63) is 28.8 Å². The van der Waals surface area contributed by atoms with E-state index in [0.717, 1.165) is 6.07 Å². The average Bonchev–Trinajstić information content (AvgIpc) is 2.66. The standard InChI is InChI=1S/C11H13F2NO/c1-14-4-2-7-9(12)6-10(13)8-3-5-15-11(7)8/h6,14H,2-5H2,1H3. The van der Waals surface area contributed by atoms with Crippen LogP contribution in [0.2, 0.25) is 0 Å². The third kappa shape index (κ3) is 1.81. The molecule has 0 saturated heterocycles. The van der Waals surface area contributed by atoms with E-state index in [9.17, 15) is 8.78 Å². The Morgan fingerprint density at radius 1 is 1.40 bits per heavy atom. The third-order valence-electron chi connectivity index (χ3n) is 2.60. The van der Waals surface area contributed by atoms with Crippen LogP contribution in [-0.4, -0.2) is 20.2 Å². The summed E-state index contributed by atoms with van der Waals surface area (Å²) < 4.78 is 32.1. The van der Waals surface area contributed by atoms with Crippen molar-refractivity contribution in [2.75, 3.05) is 20.2 Å². The lowest BCUT2D eigenvalue weighted by molar-refractivity contribution is 0.350. The summed E-state index contributed by atoms with van der Waals surface area (Å²) in [6, 6.07) is 0.957. The fourth-order valence-electron chi connectivity index (χ4n) is 1.83. The average molecular weight is 213 g/mol. The molecule has 0 aromatic heterocycles. The SMILES string of the molecule is CNCCc1c(F)cc(F)c2c1OCC2. The van der Waals surface area contributed by atoms with Crippen LogP contribution in [0.5, 0.6) is 5.75 Å². The third-order valence-corrected chi connectivity index (χ3v) is 2.60. The van der Waals surface area contributed by atoms with Gasteiger partial charge in [-0.25, -0.2) is 8.78 Å². The molecule has 82 valence electrons. The van der Waals surface area contributed by atoms with E-state index >= 15 is 0 Å². The number of rotatable bonds is 3. The molecule has 0 saturated carbocycles. The van der Waals surface area contributed by atoms with Crippen LogP contribution in [0.4, 0.5) is 8.78 Å². The van der Waals surface area contributed by atoms with Gasteiger partial charge in [-0.05, 0) is 20.0 Å². The second-order valence-electron chi connectivity index (χ2n) is 3.58. The lowest BCUT2D eigenvalue weighted by atomic mass is 10.0. The minimum atomic E-state index is -0.511. The van der Waals surface area contributed by atoms with Crippen LogP contribution in [-0.2, 0) is 12.8 Å². The Labute approximate surface area is 87.2 Å². The summed E-state index contributed by atoms with van der Waals surface area (Å²) in [7, 11) is 1.79. The summed E-state index contributed by atoms with van der Waals surface area (Å²) in [5.74, 6) is -0.584. The van der Waals surface area contributed by atoms with Crippen LogP contribution < -0.4 is 10.1 Å². The molecule has 0 radical (unpaired) electrons. The molecule has 1 N–H and O–H groups in total. The molecular formula is C11H13F2NO. The minimum absolute atomic E-state index is 0.419. The monoisotopic (exact) mass is 213 g/mol. The first kappa shape index (κ1) is 10.4. The van der Waals surface area contributed by atoms with Crippen molar-refractivity contribution in [2.45, 2.75) is 12.8 Å². The first-order valence-electron chi connectivity index (χ1n) is 5.01. The summed E-state index contributed by atoms with van der Waals surface area (Å²) in [4.78, 5) is 0. The van der Waals surface area contributed by atoms with E-state index in [-0.39, 0.29) is 0 Å². The number of fused-ring (bicyclic) bond motifs is 1. The molecule has 0 spiro atoms. The minimum Gasteiger partial charge on any atom is -0.492 e. The number of hydrogen-bond donors (Lipinski definition) is 1. The van der Waals surface area contributed by atoms with E-state index in [0.29, 0.717) is 42.9 Å². The highest BCUT2D eigenvalue weighted by Gasteiger charge is 2.23. The first-order valence-corrected chi connectivity index (χ1v) is 5.01. The molecule has 0 amide bonds. The Morgan fingerprint density at radius 3 is 2.93 bits per heavy atom. The Kier molecular flexibility index (Phi) is 2.86. The van der Waals surface area contributed by atoms with Crippen LogP contribution >= 0.6 is 0 Å². The van der Waals surface area contributed by atoms with E-state index in [1.54, 1.807) is 7.05 Å². The predicted octanol–water partition coefficient (Wildman–Crippen LogP) is 1.66. The summed E-state index contributed by atoms with van der Waals surface area (Å²) in [5, 5.41) is 2.93.